The number of benzene rings is 1. The summed E-state index contributed by atoms with van der Waals surface area (Å²) in [7, 11) is 0. The van der Waals surface area contributed by atoms with E-state index >= 15 is 0 Å². The number of aryl methyl sites for hydroxylation is 1. The first-order valence-corrected chi connectivity index (χ1v) is 9.02. The quantitative estimate of drug-likeness (QED) is 0.748. The third-order valence-corrected chi connectivity index (χ3v) is 5.12. The topological polar surface area (TPSA) is 62.7 Å². The van der Waals surface area contributed by atoms with Crippen molar-refractivity contribution in [2.45, 2.75) is 46.1 Å². The van der Waals surface area contributed by atoms with Gasteiger partial charge in [0, 0.05) is 23.2 Å². The molecule has 1 aliphatic carbocycles. The molecular weight excluding hydrogens is 312 g/mol. The number of para-hydroxylation sites is 1. The van der Waals surface area contributed by atoms with Crippen LogP contribution in [0, 0.1) is 5.92 Å². The van der Waals surface area contributed by atoms with E-state index in [4.69, 9.17) is 0 Å². The van der Waals surface area contributed by atoms with E-state index in [1.165, 1.54) is 23.1 Å². The van der Waals surface area contributed by atoms with Gasteiger partial charge in [-0.2, -0.15) is 5.10 Å². The van der Waals surface area contributed by atoms with Gasteiger partial charge in [-0.15, -0.1) is 0 Å². The molecule has 0 spiro atoms. The predicted octanol–water partition coefficient (Wildman–Crippen LogP) is 4.32. The third-order valence-electron chi connectivity index (χ3n) is 5.12. The predicted molar refractivity (Wildman–Crippen MR) is 100 cm³/mol. The lowest BCUT2D eigenvalue weighted by Gasteiger charge is -2.17. The number of fused-ring (bicyclic) bond motifs is 3. The highest BCUT2D eigenvalue weighted by Crippen LogP contribution is 2.33. The number of anilines is 1. The Labute approximate surface area is 147 Å². The van der Waals surface area contributed by atoms with Crippen molar-refractivity contribution in [3.63, 3.8) is 0 Å². The molecule has 0 bridgehead atoms. The van der Waals surface area contributed by atoms with Crippen LogP contribution in [-0.4, -0.2) is 20.7 Å². The number of nitrogens with one attached hydrogen (secondary N) is 2. The van der Waals surface area contributed by atoms with Crippen LogP contribution in [0.1, 0.15) is 54.8 Å². The molecule has 0 saturated carbocycles. The molecule has 5 heteroatoms. The normalized spacial score (nSPS) is 17.0. The van der Waals surface area contributed by atoms with Gasteiger partial charge < -0.3 is 10.3 Å². The molecule has 2 aromatic heterocycles. The van der Waals surface area contributed by atoms with Gasteiger partial charge >= 0.3 is 0 Å². The zero-order valence-corrected chi connectivity index (χ0v) is 15.0. The molecule has 130 valence electrons. The number of amides is 1. The monoisotopic (exact) mass is 336 g/mol. The maximum Gasteiger partial charge on any atom is 0.258 e. The highest BCUT2D eigenvalue weighted by Gasteiger charge is 2.22. The summed E-state index contributed by atoms with van der Waals surface area (Å²) in [6.45, 7) is 6.39. The second kappa shape index (κ2) is 6.06. The minimum Gasteiger partial charge on any atom is -0.358 e. The van der Waals surface area contributed by atoms with Gasteiger partial charge in [0.05, 0.1) is 17.3 Å². The van der Waals surface area contributed by atoms with Crippen LogP contribution in [0.5, 0.6) is 0 Å². The Kier molecular flexibility index (Phi) is 3.86. The SMILES string of the molecule is CC1CCc2[nH]c3c(C(=O)Nc4ccnn4C(C)C)cccc3c2C1. The molecule has 5 nitrogen and oxygen atoms in total. The second-order valence-corrected chi connectivity index (χ2v) is 7.37. The van der Waals surface area contributed by atoms with Crippen LogP contribution in [0.2, 0.25) is 0 Å². The van der Waals surface area contributed by atoms with E-state index in [0.717, 1.165) is 24.2 Å². The van der Waals surface area contributed by atoms with E-state index in [9.17, 15) is 4.79 Å². The Morgan fingerprint density at radius 2 is 2.20 bits per heavy atom. The van der Waals surface area contributed by atoms with Gasteiger partial charge in [0.2, 0.25) is 0 Å². The Morgan fingerprint density at radius 3 is 3.00 bits per heavy atom. The maximum absolute atomic E-state index is 12.9. The number of aromatic amines is 1. The number of hydrogen-bond acceptors (Lipinski definition) is 2. The van der Waals surface area contributed by atoms with Crippen molar-refractivity contribution >= 4 is 22.6 Å². The molecule has 4 rings (SSSR count). The van der Waals surface area contributed by atoms with Crippen molar-refractivity contribution in [2.75, 3.05) is 5.32 Å². The second-order valence-electron chi connectivity index (χ2n) is 7.37. The van der Waals surface area contributed by atoms with E-state index in [-0.39, 0.29) is 11.9 Å². The molecule has 1 aromatic carbocycles. The number of H-pyrrole nitrogens is 1. The molecule has 2 heterocycles. The fourth-order valence-corrected chi connectivity index (χ4v) is 3.81. The number of nitrogens with zero attached hydrogens (tertiary/aromatic N) is 2. The molecule has 0 radical (unpaired) electrons. The van der Waals surface area contributed by atoms with Gasteiger partial charge in [-0.05, 0) is 50.7 Å². The van der Waals surface area contributed by atoms with Crippen LogP contribution in [0.4, 0.5) is 5.82 Å². The van der Waals surface area contributed by atoms with E-state index < -0.39 is 0 Å². The van der Waals surface area contributed by atoms with Gasteiger partial charge in [0.15, 0.2) is 0 Å². The van der Waals surface area contributed by atoms with Gasteiger partial charge in [-0.25, -0.2) is 4.68 Å². The number of carbonyl (C=O) groups is 1. The molecule has 1 unspecified atom stereocenters. The molecule has 0 fully saturated rings. The van der Waals surface area contributed by atoms with E-state index in [1.807, 2.05) is 36.7 Å². The number of rotatable bonds is 3. The van der Waals surface area contributed by atoms with Crippen LogP contribution in [0.25, 0.3) is 10.9 Å². The lowest BCUT2D eigenvalue weighted by atomic mass is 9.87. The van der Waals surface area contributed by atoms with Crippen molar-refractivity contribution in [1.82, 2.24) is 14.8 Å². The number of carbonyl (C=O) groups excluding carboxylic acids is 1. The first-order valence-electron chi connectivity index (χ1n) is 9.02. The smallest absolute Gasteiger partial charge is 0.258 e. The average Bonchev–Trinajstić information content (AvgIpc) is 3.18. The highest BCUT2D eigenvalue weighted by molar-refractivity contribution is 6.12. The minimum atomic E-state index is -0.0976. The fraction of sp³-hybridized carbons (Fsp3) is 0.400. The van der Waals surface area contributed by atoms with Crippen LogP contribution in [0.3, 0.4) is 0 Å². The molecular formula is C20H24N4O. The lowest BCUT2D eigenvalue weighted by Crippen LogP contribution is -2.17. The van der Waals surface area contributed by atoms with Crippen molar-refractivity contribution in [1.29, 1.82) is 0 Å². The summed E-state index contributed by atoms with van der Waals surface area (Å²) in [6.07, 6.45) is 5.06. The molecule has 1 amide bonds. The molecule has 0 saturated heterocycles. The Bertz CT molecular complexity index is 934. The number of hydrogen-bond donors (Lipinski definition) is 2. The molecule has 2 N–H and O–H groups in total. The summed E-state index contributed by atoms with van der Waals surface area (Å²) in [6, 6.07) is 8.02. The van der Waals surface area contributed by atoms with Gasteiger partial charge in [0.1, 0.15) is 5.82 Å². The molecule has 3 aromatic rings. The molecule has 25 heavy (non-hydrogen) atoms. The summed E-state index contributed by atoms with van der Waals surface area (Å²) in [5.41, 5.74) is 4.32. The Hall–Kier alpha value is -2.56. The van der Waals surface area contributed by atoms with Gasteiger partial charge in [-0.1, -0.05) is 19.1 Å². The van der Waals surface area contributed by atoms with E-state index in [0.29, 0.717) is 11.5 Å². The summed E-state index contributed by atoms with van der Waals surface area (Å²) >= 11 is 0. The van der Waals surface area contributed by atoms with Crippen molar-refractivity contribution in [2.24, 2.45) is 5.92 Å². The van der Waals surface area contributed by atoms with Crippen LogP contribution < -0.4 is 5.32 Å². The van der Waals surface area contributed by atoms with E-state index in [2.05, 4.69) is 28.4 Å². The van der Waals surface area contributed by atoms with Crippen molar-refractivity contribution < 1.29 is 4.79 Å². The summed E-state index contributed by atoms with van der Waals surface area (Å²) in [4.78, 5) is 16.4. The molecule has 1 atom stereocenters. The van der Waals surface area contributed by atoms with Crippen LogP contribution in [-0.2, 0) is 12.8 Å². The van der Waals surface area contributed by atoms with Gasteiger partial charge in [-0.3, -0.25) is 4.79 Å². The van der Waals surface area contributed by atoms with Crippen molar-refractivity contribution in [3.05, 3.63) is 47.3 Å². The highest BCUT2D eigenvalue weighted by atomic mass is 16.1. The molecule has 0 aliphatic heterocycles. The number of aromatic nitrogens is 3. The largest absolute Gasteiger partial charge is 0.358 e. The molecule has 1 aliphatic rings. The Balaban J connectivity index is 1.72. The fourth-order valence-electron chi connectivity index (χ4n) is 3.81. The zero-order valence-electron chi connectivity index (χ0n) is 15.0. The lowest BCUT2D eigenvalue weighted by molar-refractivity contribution is 0.102. The van der Waals surface area contributed by atoms with Crippen LogP contribution in [0.15, 0.2) is 30.5 Å². The standard InChI is InChI=1S/C20H24N4O/c1-12(2)24-18(9-10-21-24)23-20(25)15-6-4-5-14-16-11-13(3)7-8-17(16)22-19(14)15/h4-6,9-10,12-13,22H,7-8,11H2,1-3H3,(H,23,25). The summed E-state index contributed by atoms with van der Waals surface area (Å²) in [5.74, 6) is 1.32. The third kappa shape index (κ3) is 2.73. The summed E-state index contributed by atoms with van der Waals surface area (Å²) < 4.78 is 1.82. The Morgan fingerprint density at radius 1 is 1.36 bits per heavy atom. The average molecular weight is 336 g/mol. The first-order chi connectivity index (χ1) is 12.0. The first kappa shape index (κ1) is 15.9. The van der Waals surface area contributed by atoms with Crippen molar-refractivity contribution in [3.8, 4) is 0 Å². The summed E-state index contributed by atoms with van der Waals surface area (Å²) in [5, 5.41) is 8.48. The zero-order chi connectivity index (χ0) is 17.6. The van der Waals surface area contributed by atoms with Gasteiger partial charge in [0.25, 0.3) is 5.91 Å². The minimum absolute atomic E-state index is 0.0976. The van der Waals surface area contributed by atoms with Crippen LogP contribution >= 0.6 is 0 Å². The maximum atomic E-state index is 12.9. The van der Waals surface area contributed by atoms with E-state index in [1.54, 1.807) is 6.20 Å².